The molecule has 5 heteroatoms. The molecule has 5 nitrogen and oxygen atoms in total. The van der Waals surface area contributed by atoms with Crippen LogP contribution in [-0.2, 0) is 0 Å². The number of aromatic nitrogens is 2. The molecule has 1 rings (SSSR count). The fourth-order valence-electron chi connectivity index (χ4n) is 1.64. The molecular formula is C13H21N3O2. The van der Waals surface area contributed by atoms with Crippen molar-refractivity contribution in [1.82, 2.24) is 9.97 Å². The molecule has 0 amide bonds. The van der Waals surface area contributed by atoms with E-state index in [4.69, 9.17) is 5.11 Å². The van der Waals surface area contributed by atoms with Crippen LogP contribution in [0.5, 0.6) is 0 Å². The minimum absolute atomic E-state index is 0.153. The van der Waals surface area contributed by atoms with Crippen LogP contribution in [0.25, 0.3) is 0 Å². The first-order chi connectivity index (χ1) is 8.50. The van der Waals surface area contributed by atoms with Crippen LogP contribution in [0.15, 0.2) is 6.20 Å². The molecule has 0 unspecified atom stereocenters. The molecule has 1 aromatic heterocycles. The highest BCUT2D eigenvalue weighted by atomic mass is 16.4. The molecular weight excluding hydrogens is 230 g/mol. The van der Waals surface area contributed by atoms with Gasteiger partial charge in [-0.3, -0.25) is 0 Å². The fourth-order valence-corrected chi connectivity index (χ4v) is 1.64. The standard InChI is InChI=1S/C13H21N3O2/c1-9(2)6-4-5-7-14-13-15-8-11(12(17)18)10(3)16-13/h8-9H,4-7H2,1-3H3,(H,17,18)(H,14,15,16). The first kappa shape index (κ1) is 14.4. The molecule has 18 heavy (non-hydrogen) atoms. The van der Waals surface area contributed by atoms with Crippen LogP contribution >= 0.6 is 0 Å². The van der Waals surface area contributed by atoms with Gasteiger partial charge in [-0.05, 0) is 19.3 Å². The summed E-state index contributed by atoms with van der Waals surface area (Å²) in [5, 5.41) is 12.0. The normalized spacial score (nSPS) is 10.7. The van der Waals surface area contributed by atoms with E-state index in [1.54, 1.807) is 6.92 Å². The number of unbranched alkanes of at least 4 members (excludes halogenated alkanes) is 1. The van der Waals surface area contributed by atoms with E-state index in [2.05, 4.69) is 29.1 Å². The molecule has 1 aromatic rings. The number of rotatable bonds is 7. The summed E-state index contributed by atoms with van der Waals surface area (Å²) in [5.74, 6) is 0.247. The van der Waals surface area contributed by atoms with Gasteiger partial charge in [-0.2, -0.15) is 0 Å². The van der Waals surface area contributed by atoms with Crippen LogP contribution < -0.4 is 5.32 Å². The average molecular weight is 251 g/mol. The molecule has 0 aliphatic heterocycles. The number of nitrogens with zero attached hydrogens (tertiary/aromatic N) is 2. The van der Waals surface area contributed by atoms with E-state index in [-0.39, 0.29) is 5.56 Å². The Labute approximate surface area is 108 Å². The van der Waals surface area contributed by atoms with Gasteiger partial charge in [0, 0.05) is 12.7 Å². The van der Waals surface area contributed by atoms with E-state index < -0.39 is 5.97 Å². The van der Waals surface area contributed by atoms with E-state index in [1.165, 1.54) is 19.0 Å². The maximum absolute atomic E-state index is 10.8. The second-order valence-corrected chi connectivity index (χ2v) is 4.81. The Balaban J connectivity index is 2.39. The lowest BCUT2D eigenvalue weighted by Crippen LogP contribution is -2.09. The van der Waals surface area contributed by atoms with Crippen LogP contribution in [0.2, 0.25) is 0 Å². The van der Waals surface area contributed by atoms with E-state index in [0.29, 0.717) is 11.6 Å². The molecule has 0 aliphatic rings. The zero-order valence-electron chi connectivity index (χ0n) is 11.2. The van der Waals surface area contributed by atoms with Gasteiger partial charge in [-0.1, -0.05) is 26.7 Å². The highest BCUT2D eigenvalue weighted by molar-refractivity contribution is 5.88. The monoisotopic (exact) mass is 251 g/mol. The van der Waals surface area contributed by atoms with Crippen molar-refractivity contribution in [2.45, 2.75) is 40.0 Å². The van der Waals surface area contributed by atoms with Gasteiger partial charge in [0.05, 0.1) is 11.3 Å². The number of aromatic carboxylic acids is 1. The van der Waals surface area contributed by atoms with Crippen molar-refractivity contribution in [2.75, 3.05) is 11.9 Å². The Morgan fingerprint density at radius 3 is 2.72 bits per heavy atom. The van der Waals surface area contributed by atoms with E-state index in [9.17, 15) is 4.79 Å². The molecule has 0 radical (unpaired) electrons. The highest BCUT2D eigenvalue weighted by Gasteiger charge is 2.09. The van der Waals surface area contributed by atoms with Gasteiger partial charge >= 0.3 is 5.97 Å². The Morgan fingerprint density at radius 2 is 2.17 bits per heavy atom. The first-order valence-corrected chi connectivity index (χ1v) is 6.31. The molecule has 0 atom stereocenters. The summed E-state index contributed by atoms with van der Waals surface area (Å²) in [6.07, 6.45) is 4.82. The van der Waals surface area contributed by atoms with Gasteiger partial charge in [0.25, 0.3) is 0 Å². The van der Waals surface area contributed by atoms with Crippen molar-refractivity contribution >= 4 is 11.9 Å². The summed E-state index contributed by atoms with van der Waals surface area (Å²) >= 11 is 0. The van der Waals surface area contributed by atoms with Gasteiger partial charge in [-0.15, -0.1) is 0 Å². The summed E-state index contributed by atoms with van der Waals surface area (Å²) < 4.78 is 0. The second kappa shape index (κ2) is 6.93. The first-order valence-electron chi connectivity index (χ1n) is 6.31. The number of hydrogen-bond acceptors (Lipinski definition) is 4. The molecule has 1 heterocycles. The van der Waals surface area contributed by atoms with Gasteiger partial charge in [0.15, 0.2) is 0 Å². The zero-order chi connectivity index (χ0) is 13.5. The predicted octanol–water partition coefficient (Wildman–Crippen LogP) is 2.72. The number of hydrogen-bond donors (Lipinski definition) is 2. The van der Waals surface area contributed by atoms with E-state index >= 15 is 0 Å². The Kier molecular flexibility index (Phi) is 5.55. The van der Waals surface area contributed by atoms with Crippen LogP contribution in [-0.4, -0.2) is 27.6 Å². The summed E-state index contributed by atoms with van der Waals surface area (Å²) in [6, 6.07) is 0. The largest absolute Gasteiger partial charge is 0.478 e. The maximum Gasteiger partial charge on any atom is 0.339 e. The highest BCUT2D eigenvalue weighted by Crippen LogP contribution is 2.08. The van der Waals surface area contributed by atoms with Crippen LogP contribution in [0.4, 0.5) is 5.95 Å². The maximum atomic E-state index is 10.8. The summed E-state index contributed by atoms with van der Waals surface area (Å²) in [6.45, 7) is 6.92. The smallest absolute Gasteiger partial charge is 0.339 e. The van der Waals surface area contributed by atoms with Gasteiger partial charge in [-0.25, -0.2) is 14.8 Å². The average Bonchev–Trinajstić information content (AvgIpc) is 2.27. The lowest BCUT2D eigenvalue weighted by Gasteiger charge is -2.07. The molecule has 2 N–H and O–H groups in total. The van der Waals surface area contributed by atoms with E-state index in [1.807, 2.05) is 0 Å². The number of nitrogens with one attached hydrogen (secondary N) is 1. The lowest BCUT2D eigenvalue weighted by atomic mass is 10.1. The molecule has 0 aliphatic carbocycles. The van der Waals surface area contributed by atoms with Crippen molar-refractivity contribution in [1.29, 1.82) is 0 Å². The molecule has 0 aromatic carbocycles. The molecule has 0 saturated carbocycles. The third-order valence-corrected chi connectivity index (χ3v) is 2.70. The van der Waals surface area contributed by atoms with Crippen molar-refractivity contribution < 1.29 is 9.90 Å². The third-order valence-electron chi connectivity index (χ3n) is 2.70. The zero-order valence-corrected chi connectivity index (χ0v) is 11.2. The van der Waals surface area contributed by atoms with Crippen molar-refractivity contribution in [3.05, 3.63) is 17.5 Å². The number of aryl methyl sites for hydroxylation is 1. The molecule has 0 bridgehead atoms. The van der Waals surface area contributed by atoms with Crippen molar-refractivity contribution in [3.8, 4) is 0 Å². The second-order valence-electron chi connectivity index (χ2n) is 4.81. The molecule has 0 fully saturated rings. The third kappa shape index (κ3) is 4.69. The summed E-state index contributed by atoms with van der Waals surface area (Å²) in [5.41, 5.74) is 0.641. The lowest BCUT2D eigenvalue weighted by molar-refractivity contribution is 0.0695. The predicted molar refractivity (Wildman–Crippen MR) is 70.9 cm³/mol. The summed E-state index contributed by atoms with van der Waals surface area (Å²) in [7, 11) is 0. The topological polar surface area (TPSA) is 75.1 Å². The Bertz CT molecular complexity index is 405. The fraction of sp³-hybridized carbons (Fsp3) is 0.615. The van der Waals surface area contributed by atoms with Crippen LogP contribution in [0.1, 0.15) is 49.2 Å². The number of carboxylic acids is 1. The number of anilines is 1. The van der Waals surface area contributed by atoms with Gasteiger partial charge < -0.3 is 10.4 Å². The molecule has 100 valence electrons. The van der Waals surface area contributed by atoms with Crippen LogP contribution in [0, 0.1) is 12.8 Å². The minimum Gasteiger partial charge on any atom is -0.478 e. The number of carboxylic acid groups (broad SMARTS) is 1. The quantitative estimate of drug-likeness (QED) is 0.729. The SMILES string of the molecule is Cc1nc(NCCCCC(C)C)ncc1C(=O)O. The Hall–Kier alpha value is -1.65. The van der Waals surface area contributed by atoms with Gasteiger partial charge in [0.2, 0.25) is 5.95 Å². The van der Waals surface area contributed by atoms with Gasteiger partial charge in [0.1, 0.15) is 0 Å². The van der Waals surface area contributed by atoms with Crippen molar-refractivity contribution in [2.24, 2.45) is 5.92 Å². The van der Waals surface area contributed by atoms with Crippen LogP contribution in [0.3, 0.4) is 0 Å². The molecule has 0 spiro atoms. The molecule has 0 saturated heterocycles. The Morgan fingerprint density at radius 1 is 1.44 bits per heavy atom. The minimum atomic E-state index is -0.990. The van der Waals surface area contributed by atoms with E-state index in [0.717, 1.165) is 18.9 Å². The summed E-state index contributed by atoms with van der Waals surface area (Å²) in [4.78, 5) is 18.9. The number of carbonyl (C=O) groups is 1. The van der Waals surface area contributed by atoms with Crippen molar-refractivity contribution in [3.63, 3.8) is 0 Å².